The van der Waals surface area contributed by atoms with E-state index in [2.05, 4.69) is 20.8 Å². The minimum absolute atomic E-state index is 0.422. The Morgan fingerprint density at radius 1 is 1.50 bits per heavy atom. The molecular formula is C8H15O2. The molecule has 1 unspecified atom stereocenters. The van der Waals surface area contributed by atoms with Gasteiger partial charge in [-0.2, -0.15) is 0 Å². The average Bonchev–Trinajstić information content (AvgIpc) is 1.82. The van der Waals surface area contributed by atoms with Crippen LogP contribution in [0.2, 0.25) is 0 Å². The van der Waals surface area contributed by atoms with Crippen molar-refractivity contribution in [2.45, 2.75) is 20.8 Å². The molecule has 0 heterocycles. The van der Waals surface area contributed by atoms with Gasteiger partial charge in [0.05, 0.1) is 13.5 Å². The molecule has 0 aliphatic carbocycles. The lowest BCUT2D eigenvalue weighted by Crippen LogP contribution is -2.14. The summed E-state index contributed by atoms with van der Waals surface area (Å²) < 4.78 is 4.71. The molecule has 0 aliphatic heterocycles. The van der Waals surface area contributed by atoms with Crippen molar-refractivity contribution in [2.75, 3.05) is 6.61 Å². The Kier molecular flexibility index (Phi) is 4.08. The second kappa shape index (κ2) is 4.31. The maximum atomic E-state index is 10.2. The molecule has 0 saturated carbocycles. The van der Waals surface area contributed by atoms with Gasteiger partial charge in [0, 0.05) is 0 Å². The topological polar surface area (TPSA) is 26.3 Å². The molecular weight excluding hydrogens is 128 g/mol. The van der Waals surface area contributed by atoms with E-state index in [4.69, 9.17) is 4.74 Å². The van der Waals surface area contributed by atoms with E-state index in [-0.39, 0.29) is 0 Å². The second-order valence-electron chi connectivity index (χ2n) is 2.90. The van der Waals surface area contributed by atoms with Crippen LogP contribution in [0, 0.1) is 18.8 Å². The van der Waals surface area contributed by atoms with E-state index in [0.717, 1.165) is 0 Å². The van der Waals surface area contributed by atoms with Crippen molar-refractivity contribution >= 4 is 5.97 Å². The van der Waals surface area contributed by atoms with Gasteiger partial charge in [0.2, 0.25) is 0 Å². The fraction of sp³-hybridized carbons (Fsp3) is 0.750. The summed E-state index contributed by atoms with van der Waals surface area (Å²) in [6.07, 6.45) is 0. The zero-order valence-corrected chi connectivity index (χ0v) is 6.89. The standard InChI is InChI=1S/C8H15O2/c1-6(2)7(3)5-10-8(4)9/h6-7H,4-5H2,1-3H3. The van der Waals surface area contributed by atoms with Crippen LogP contribution in [-0.2, 0) is 9.53 Å². The Morgan fingerprint density at radius 2 is 2.00 bits per heavy atom. The normalized spacial score (nSPS) is 13.3. The Morgan fingerprint density at radius 3 is 2.30 bits per heavy atom. The number of hydrogen-bond donors (Lipinski definition) is 0. The number of rotatable bonds is 3. The van der Waals surface area contributed by atoms with Crippen LogP contribution in [0.5, 0.6) is 0 Å². The van der Waals surface area contributed by atoms with Gasteiger partial charge in [-0.15, -0.1) is 0 Å². The molecule has 1 radical (unpaired) electrons. The molecule has 1 atom stereocenters. The summed E-state index contributed by atoms with van der Waals surface area (Å²) in [4.78, 5) is 10.2. The van der Waals surface area contributed by atoms with E-state index in [1.54, 1.807) is 0 Å². The molecule has 0 spiro atoms. The van der Waals surface area contributed by atoms with Crippen LogP contribution in [0.3, 0.4) is 0 Å². The zero-order chi connectivity index (χ0) is 8.15. The van der Waals surface area contributed by atoms with Gasteiger partial charge in [-0.25, -0.2) is 0 Å². The Hall–Kier alpha value is -0.530. The quantitative estimate of drug-likeness (QED) is 0.561. The summed E-state index contributed by atoms with van der Waals surface area (Å²) >= 11 is 0. The van der Waals surface area contributed by atoms with Crippen LogP contribution in [-0.4, -0.2) is 12.6 Å². The molecule has 0 N–H and O–H groups in total. The van der Waals surface area contributed by atoms with Crippen LogP contribution in [0.25, 0.3) is 0 Å². The lowest BCUT2D eigenvalue weighted by molar-refractivity contribution is -0.139. The highest BCUT2D eigenvalue weighted by molar-refractivity contribution is 5.73. The first-order valence-electron chi connectivity index (χ1n) is 3.52. The molecule has 0 rings (SSSR count). The summed E-state index contributed by atoms with van der Waals surface area (Å²) in [5.74, 6) is 0.539. The molecule has 0 bridgehead atoms. The molecule has 0 fully saturated rings. The average molecular weight is 143 g/mol. The van der Waals surface area contributed by atoms with Crippen LogP contribution in [0.15, 0.2) is 0 Å². The second-order valence-corrected chi connectivity index (χ2v) is 2.90. The maximum Gasteiger partial charge on any atom is 0.306 e. The predicted molar refractivity (Wildman–Crippen MR) is 40.3 cm³/mol. The molecule has 0 aromatic carbocycles. The van der Waals surface area contributed by atoms with Gasteiger partial charge in [0.15, 0.2) is 0 Å². The van der Waals surface area contributed by atoms with E-state index in [9.17, 15) is 4.79 Å². The molecule has 0 saturated heterocycles. The van der Waals surface area contributed by atoms with Gasteiger partial charge in [-0.3, -0.25) is 4.79 Å². The minimum Gasteiger partial charge on any atom is -0.465 e. The lowest BCUT2D eigenvalue weighted by Gasteiger charge is -2.13. The summed E-state index contributed by atoms with van der Waals surface area (Å²) in [6, 6.07) is 0. The summed E-state index contributed by atoms with van der Waals surface area (Å²) in [6.45, 7) is 9.84. The minimum atomic E-state index is -0.437. The van der Waals surface area contributed by atoms with Crippen LogP contribution in [0.4, 0.5) is 0 Å². The molecule has 0 aromatic heterocycles. The van der Waals surface area contributed by atoms with Gasteiger partial charge in [-0.05, 0) is 11.8 Å². The van der Waals surface area contributed by atoms with Crippen molar-refractivity contribution in [3.63, 3.8) is 0 Å². The van der Waals surface area contributed by atoms with Crippen molar-refractivity contribution in [3.8, 4) is 0 Å². The van der Waals surface area contributed by atoms with Gasteiger partial charge in [0.25, 0.3) is 0 Å². The van der Waals surface area contributed by atoms with Crippen molar-refractivity contribution in [1.29, 1.82) is 0 Å². The maximum absolute atomic E-state index is 10.2. The van der Waals surface area contributed by atoms with Gasteiger partial charge in [-0.1, -0.05) is 20.8 Å². The molecule has 0 amide bonds. The monoisotopic (exact) mass is 143 g/mol. The molecule has 0 aromatic rings. The fourth-order valence-electron chi connectivity index (χ4n) is 0.417. The molecule has 10 heavy (non-hydrogen) atoms. The van der Waals surface area contributed by atoms with E-state index >= 15 is 0 Å². The Balaban J connectivity index is 3.39. The molecule has 59 valence electrons. The Labute approximate surface area is 62.6 Å². The number of carbonyl (C=O) groups excluding carboxylic acids is 1. The van der Waals surface area contributed by atoms with Gasteiger partial charge in [0.1, 0.15) is 0 Å². The summed E-state index contributed by atoms with van der Waals surface area (Å²) in [5.41, 5.74) is 0. The van der Waals surface area contributed by atoms with E-state index in [0.29, 0.717) is 18.4 Å². The first-order valence-corrected chi connectivity index (χ1v) is 3.52. The third kappa shape index (κ3) is 4.36. The lowest BCUT2D eigenvalue weighted by atomic mass is 9.99. The fourth-order valence-corrected chi connectivity index (χ4v) is 0.417. The SMILES string of the molecule is [CH2]C(=O)OCC(C)C(C)C. The van der Waals surface area contributed by atoms with Gasteiger partial charge >= 0.3 is 5.97 Å². The third-order valence-corrected chi connectivity index (χ3v) is 1.65. The van der Waals surface area contributed by atoms with Gasteiger partial charge < -0.3 is 4.74 Å². The third-order valence-electron chi connectivity index (χ3n) is 1.65. The highest BCUT2D eigenvalue weighted by Crippen LogP contribution is 2.09. The summed E-state index contributed by atoms with van der Waals surface area (Å²) in [7, 11) is 0. The van der Waals surface area contributed by atoms with E-state index in [1.807, 2.05) is 6.92 Å². The van der Waals surface area contributed by atoms with Crippen molar-refractivity contribution < 1.29 is 9.53 Å². The largest absolute Gasteiger partial charge is 0.465 e. The van der Waals surface area contributed by atoms with Crippen LogP contribution < -0.4 is 0 Å². The number of esters is 1. The van der Waals surface area contributed by atoms with E-state index in [1.165, 1.54) is 0 Å². The van der Waals surface area contributed by atoms with Crippen molar-refractivity contribution in [1.82, 2.24) is 0 Å². The zero-order valence-electron chi connectivity index (χ0n) is 6.89. The number of ether oxygens (including phenoxy) is 1. The highest BCUT2D eigenvalue weighted by Gasteiger charge is 2.07. The smallest absolute Gasteiger partial charge is 0.306 e. The molecule has 2 heteroatoms. The summed E-state index contributed by atoms with van der Waals surface area (Å²) in [5, 5.41) is 0. The van der Waals surface area contributed by atoms with E-state index < -0.39 is 5.97 Å². The molecule has 0 aliphatic rings. The van der Waals surface area contributed by atoms with Crippen molar-refractivity contribution in [2.24, 2.45) is 11.8 Å². The first kappa shape index (κ1) is 9.47. The first-order chi connectivity index (χ1) is 4.54. The predicted octanol–water partition coefficient (Wildman–Crippen LogP) is 1.66. The van der Waals surface area contributed by atoms with Crippen LogP contribution >= 0.6 is 0 Å². The molecule has 2 nitrogen and oxygen atoms in total. The van der Waals surface area contributed by atoms with Crippen LogP contribution in [0.1, 0.15) is 20.8 Å². The number of hydrogen-bond acceptors (Lipinski definition) is 2. The Bertz CT molecular complexity index is 108. The highest BCUT2D eigenvalue weighted by atomic mass is 16.5. The number of carbonyl (C=O) groups is 1. The van der Waals surface area contributed by atoms with Crippen molar-refractivity contribution in [3.05, 3.63) is 6.92 Å².